The third-order valence-electron chi connectivity index (χ3n) is 4.45. The van der Waals surface area contributed by atoms with Crippen LogP contribution in [0.25, 0.3) is 0 Å². The van der Waals surface area contributed by atoms with Gasteiger partial charge in [0.25, 0.3) is 0 Å². The lowest BCUT2D eigenvalue weighted by atomic mass is 9.79. The summed E-state index contributed by atoms with van der Waals surface area (Å²) < 4.78 is 0. The molecule has 2 heteroatoms. The summed E-state index contributed by atoms with van der Waals surface area (Å²) >= 11 is 5.92. The molecule has 1 N–H and O–H groups in total. The van der Waals surface area contributed by atoms with Crippen molar-refractivity contribution in [3.05, 3.63) is 34.9 Å². The molecule has 1 aromatic rings. The molecule has 1 aliphatic rings. The highest BCUT2D eigenvalue weighted by Gasteiger charge is 2.25. The summed E-state index contributed by atoms with van der Waals surface area (Å²) in [7, 11) is 0. The van der Waals surface area contributed by atoms with Gasteiger partial charge in [-0.3, -0.25) is 0 Å². The molecule has 4 atom stereocenters. The van der Waals surface area contributed by atoms with Gasteiger partial charge in [-0.1, -0.05) is 37.6 Å². The Labute approximate surface area is 116 Å². The molecule has 100 valence electrons. The van der Waals surface area contributed by atoms with E-state index >= 15 is 0 Å². The van der Waals surface area contributed by atoms with Crippen LogP contribution in [0.5, 0.6) is 0 Å². The quantitative estimate of drug-likeness (QED) is 0.827. The van der Waals surface area contributed by atoms with E-state index in [0.717, 1.165) is 16.9 Å². The first-order valence-corrected chi connectivity index (χ1v) is 7.45. The van der Waals surface area contributed by atoms with E-state index in [1.165, 1.54) is 24.8 Å². The van der Waals surface area contributed by atoms with Gasteiger partial charge in [-0.2, -0.15) is 0 Å². The minimum atomic E-state index is 0.410. The molecule has 0 heterocycles. The minimum Gasteiger partial charge on any atom is -0.307 e. The molecule has 1 aromatic carbocycles. The Morgan fingerprint density at radius 3 is 2.39 bits per heavy atom. The van der Waals surface area contributed by atoms with E-state index in [-0.39, 0.29) is 0 Å². The number of rotatable bonds is 3. The van der Waals surface area contributed by atoms with Crippen molar-refractivity contribution in [3.8, 4) is 0 Å². The zero-order chi connectivity index (χ0) is 13.1. The number of benzene rings is 1. The van der Waals surface area contributed by atoms with E-state index < -0.39 is 0 Å². The molecule has 0 saturated heterocycles. The van der Waals surface area contributed by atoms with Crippen LogP contribution in [0.3, 0.4) is 0 Å². The number of hydrogen-bond donors (Lipinski definition) is 1. The highest BCUT2D eigenvalue weighted by atomic mass is 35.5. The Hall–Kier alpha value is -0.530. The van der Waals surface area contributed by atoms with Gasteiger partial charge in [-0.15, -0.1) is 0 Å². The SMILES string of the molecule is CC1CCC(N[C@H](C)c2ccc(Cl)cc2)CC1C. The molecule has 2 rings (SSSR count). The summed E-state index contributed by atoms with van der Waals surface area (Å²) in [5, 5.41) is 4.57. The van der Waals surface area contributed by atoms with Crippen LogP contribution in [0.1, 0.15) is 51.6 Å². The number of halogens is 1. The molecule has 0 bridgehead atoms. The summed E-state index contributed by atoms with van der Waals surface area (Å²) in [4.78, 5) is 0. The molecule has 1 saturated carbocycles. The Bertz CT molecular complexity index is 373. The van der Waals surface area contributed by atoms with Crippen LogP contribution >= 0.6 is 11.6 Å². The predicted molar refractivity (Wildman–Crippen MR) is 79.0 cm³/mol. The van der Waals surface area contributed by atoms with Gasteiger partial charge in [0.05, 0.1) is 0 Å². The van der Waals surface area contributed by atoms with Crippen LogP contribution in [-0.2, 0) is 0 Å². The van der Waals surface area contributed by atoms with Crippen LogP contribution in [0.4, 0.5) is 0 Å². The average molecular weight is 266 g/mol. The molecule has 0 aromatic heterocycles. The van der Waals surface area contributed by atoms with Gasteiger partial charge in [0, 0.05) is 17.1 Å². The van der Waals surface area contributed by atoms with Crippen molar-refractivity contribution >= 4 is 11.6 Å². The highest BCUT2D eigenvalue weighted by molar-refractivity contribution is 6.30. The van der Waals surface area contributed by atoms with Gasteiger partial charge in [-0.05, 0) is 55.7 Å². The second-order valence-corrected chi connectivity index (χ2v) is 6.34. The predicted octanol–water partition coefficient (Wildman–Crippen LogP) is 4.82. The first kappa shape index (κ1) is 13.9. The maximum atomic E-state index is 5.92. The molecule has 18 heavy (non-hydrogen) atoms. The lowest BCUT2D eigenvalue weighted by Gasteiger charge is -2.34. The van der Waals surface area contributed by atoms with Crippen LogP contribution in [0.2, 0.25) is 5.02 Å². The number of nitrogens with one attached hydrogen (secondary N) is 1. The smallest absolute Gasteiger partial charge is 0.0406 e. The fourth-order valence-corrected chi connectivity index (χ4v) is 3.03. The lowest BCUT2D eigenvalue weighted by Crippen LogP contribution is -2.37. The zero-order valence-electron chi connectivity index (χ0n) is 11.6. The summed E-state index contributed by atoms with van der Waals surface area (Å²) in [6, 6.07) is 9.26. The van der Waals surface area contributed by atoms with Gasteiger partial charge in [0.2, 0.25) is 0 Å². The summed E-state index contributed by atoms with van der Waals surface area (Å²) in [6.07, 6.45) is 3.97. The summed E-state index contributed by atoms with van der Waals surface area (Å²) in [5.74, 6) is 1.72. The third-order valence-corrected chi connectivity index (χ3v) is 4.71. The molecule has 1 fully saturated rings. The maximum Gasteiger partial charge on any atom is 0.0406 e. The molecule has 1 nitrogen and oxygen atoms in total. The van der Waals surface area contributed by atoms with Crippen molar-refractivity contribution in [2.75, 3.05) is 0 Å². The minimum absolute atomic E-state index is 0.410. The van der Waals surface area contributed by atoms with E-state index in [1.807, 2.05) is 12.1 Å². The standard InChI is InChI=1S/C16H24ClN/c1-11-4-9-16(10-12(11)2)18-13(3)14-5-7-15(17)8-6-14/h5-8,11-13,16,18H,4,9-10H2,1-3H3/t11?,12?,13-,16?/m1/s1. The molecule has 1 aliphatic carbocycles. The van der Waals surface area contributed by atoms with Gasteiger partial charge >= 0.3 is 0 Å². The first-order valence-electron chi connectivity index (χ1n) is 7.07. The van der Waals surface area contributed by atoms with Crippen molar-refractivity contribution in [2.24, 2.45) is 11.8 Å². The molecule has 0 aliphatic heterocycles. The van der Waals surface area contributed by atoms with E-state index in [9.17, 15) is 0 Å². The van der Waals surface area contributed by atoms with Gasteiger partial charge in [0.1, 0.15) is 0 Å². The molecule has 0 radical (unpaired) electrons. The van der Waals surface area contributed by atoms with E-state index in [2.05, 4.69) is 38.2 Å². The van der Waals surface area contributed by atoms with Crippen molar-refractivity contribution in [1.29, 1.82) is 0 Å². The normalized spacial score (nSPS) is 30.1. The Morgan fingerprint density at radius 1 is 1.11 bits per heavy atom. The molecule has 0 spiro atoms. The molecular formula is C16H24ClN. The summed E-state index contributed by atoms with van der Waals surface area (Å²) in [5.41, 5.74) is 1.32. The van der Waals surface area contributed by atoms with Crippen LogP contribution in [0.15, 0.2) is 24.3 Å². The maximum absolute atomic E-state index is 5.92. The van der Waals surface area contributed by atoms with Crippen molar-refractivity contribution in [1.82, 2.24) is 5.32 Å². The van der Waals surface area contributed by atoms with E-state index in [0.29, 0.717) is 12.1 Å². The Balaban J connectivity index is 1.91. The van der Waals surface area contributed by atoms with Gasteiger partial charge in [0.15, 0.2) is 0 Å². The topological polar surface area (TPSA) is 12.0 Å². The monoisotopic (exact) mass is 265 g/mol. The van der Waals surface area contributed by atoms with E-state index in [1.54, 1.807) is 0 Å². The second-order valence-electron chi connectivity index (χ2n) is 5.90. The van der Waals surface area contributed by atoms with Crippen molar-refractivity contribution in [3.63, 3.8) is 0 Å². The largest absolute Gasteiger partial charge is 0.307 e. The molecule has 0 amide bonds. The van der Waals surface area contributed by atoms with Gasteiger partial charge in [-0.25, -0.2) is 0 Å². The molecule has 3 unspecified atom stereocenters. The fraction of sp³-hybridized carbons (Fsp3) is 0.625. The average Bonchev–Trinajstić information content (AvgIpc) is 2.34. The van der Waals surface area contributed by atoms with Crippen molar-refractivity contribution < 1.29 is 0 Å². The van der Waals surface area contributed by atoms with Gasteiger partial charge < -0.3 is 5.32 Å². The molecular weight excluding hydrogens is 242 g/mol. The third kappa shape index (κ3) is 3.49. The number of hydrogen-bond acceptors (Lipinski definition) is 1. The van der Waals surface area contributed by atoms with Crippen LogP contribution in [-0.4, -0.2) is 6.04 Å². The first-order chi connectivity index (χ1) is 8.56. The second kappa shape index (κ2) is 6.08. The fourth-order valence-electron chi connectivity index (χ4n) is 2.90. The Kier molecular flexibility index (Phi) is 4.69. The zero-order valence-corrected chi connectivity index (χ0v) is 12.4. The Morgan fingerprint density at radius 2 is 1.78 bits per heavy atom. The van der Waals surface area contributed by atoms with Crippen LogP contribution < -0.4 is 5.32 Å². The van der Waals surface area contributed by atoms with Crippen LogP contribution in [0, 0.1) is 11.8 Å². The van der Waals surface area contributed by atoms with Crippen molar-refractivity contribution in [2.45, 2.75) is 52.1 Å². The lowest BCUT2D eigenvalue weighted by molar-refractivity contribution is 0.217. The van der Waals surface area contributed by atoms with E-state index in [4.69, 9.17) is 11.6 Å². The summed E-state index contributed by atoms with van der Waals surface area (Å²) in [6.45, 7) is 7.00. The highest BCUT2D eigenvalue weighted by Crippen LogP contribution is 2.30.